The number of carboxylic acids is 1. The molecule has 0 aliphatic rings. The van der Waals surface area contributed by atoms with Crippen molar-refractivity contribution in [1.29, 1.82) is 0 Å². The number of aryl methyl sites for hydroxylation is 1. The van der Waals surface area contributed by atoms with E-state index in [1.165, 1.54) is 5.56 Å². The molecule has 5 aromatic rings. The van der Waals surface area contributed by atoms with Gasteiger partial charge in [0.25, 0.3) is 0 Å². The molecule has 6 nitrogen and oxygen atoms in total. The van der Waals surface area contributed by atoms with E-state index < -0.39 is 5.97 Å². The average molecular weight is 511 g/mol. The van der Waals surface area contributed by atoms with E-state index in [4.69, 9.17) is 14.4 Å². The minimum atomic E-state index is -0.827. The van der Waals surface area contributed by atoms with Crippen LogP contribution in [0.25, 0.3) is 21.9 Å². The van der Waals surface area contributed by atoms with Gasteiger partial charge in [-0.3, -0.25) is 4.79 Å². The van der Waals surface area contributed by atoms with Crippen LogP contribution >= 0.6 is 0 Å². The predicted octanol–water partition coefficient (Wildman–Crippen LogP) is 7.03. The van der Waals surface area contributed by atoms with Gasteiger partial charge in [-0.2, -0.15) is 0 Å². The summed E-state index contributed by atoms with van der Waals surface area (Å²) in [7, 11) is 0. The molecule has 2 aromatic heterocycles. The van der Waals surface area contributed by atoms with Crippen LogP contribution in [-0.4, -0.2) is 27.8 Å². The highest BCUT2D eigenvalue weighted by Gasteiger charge is 2.25. The largest absolute Gasteiger partial charge is 0.493 e. The molecule has 38 heavy (non-hydrogen) atoms. The zero-order valence-electron chi connectivity index (χ0n) is 22.2. The molecule has 0 radical (unpaired) electrons. The smallest absolute Gasteiger partial charge is 0.307 e. The molecule has 0 saturated heterocycles. The maximum absolute atomic E-state index is 11.0. The van der Waals surface area contributed by atoms with E-state index in [9.17, 15) is 4.79 Å². The van der Waals surface area contributed by atoms with Crippen LogP contribution in [0.3, 0.4) is 0 Å². The number of hydrogen-bond acceptors (Lipinski definition) is 4. The Morgan fingerprint density at radius 3 is 2.63 bits per heavy atom. The van der Waals surface area contributed by atoms with Crippen LogP contribution in [-0.2, 0) is 35.9 Å². The molecular weight excluding hydrogens is 476 g/mol. The highest BCUT2D eigenvalue weighted by molar-refractivity contribution is 5.85. The Morgan fingerprint density at radius 1 is 1.05 bits per heavy atom. The second-order valence-electron chi connectivity index (χ2n) is 10.6. The summed E-state index contributed by atoms with van der Waals surface area (Å²) in [5.41, 5.74) is 6.90. The van der Waals surface area contributed by atoms with Gasteiger partial charge in [-0.05, 0) is 58.7 Å². The molecule has 0 fully saturated rings. The molecule has 0 bridgehead atoms. The lowest BCUT2D eigenvalue weighted by molar-refractivity contribution is -0.136. The van der Waals surface area contributed by atoms with E-state index in [1.807, 2.05) is 30.3 Å². The molecule has 0 atom stereocenters. The Morgan fingerprint density at radius 2 is 1.87 bits per heavy atom. The number of H-pyrrole nitrogens is 1. The van der Waals surface area contributed by atoms with E-state index in [0.717, 1.165) is 69.4 Å². The number of aromatic nitrogens is 2. The highest BCUT2D eigenvalue weighted by Crippen LogP contribution is 2.35. The van der Waals surface area contributed by atoms with Crippen molar-refractivity contribution in [3.8, 4) is 5.75 Å². The third-order valence-corrected chi connectivity index (χ3v) is 7.17. The number of benzene rings is 3. The van der Waals surface area contributed by atoms with E-state index in [2.05, 4.69) is 67.3 Å². The normalized spacial score (nSPS) is 11.9. The molecular formula is C32H34N2O4. The zero-order valence-corrected chi connectivity index (χ0v) is 22.2. The second kappa shape index (κ2) is 10.7. The van der Waals surface area contributed by atoms with E-state index in [0.29, 0.717) is 13.0 Å². The summed E-state index contributed by atoms with van der Waals surface area (Å²) in [5.74, 6) is 0.0105. The van der Waals surface area contributed by atoms with Crippen molar-refractivity contribution >= 4 is 27.8 Å². The maximum Gasteiger partial charge on any atom is 0.307 e. The number of aromatic amines is 1. The third kappa shape index (κ3) is 5.44. The molecule has 0 aliphatic heterocycles. The van der Waals surface area contributed by atoms with Crippen molar-refractivity contribution in [2.24, 2.45) is 0 Å². The van der Waals surface area contributed by atoms with Gasteiger partial charge in [0.05, 0.1) is 18.7 Å². The van der Waals surface area contributed by atoms with Crippen LogP contribution in [0.15, 0.2) is 71.3 Å². The van der Waals surface area contributed by atoms with Gasteiger partial charge in [0.15, 0.2) is 5.58 Å². The molecule has 0 amide bonds. The van der Waals surface area contributed by atoms with Gasteiger partial charge in [0.2, 0.25) is 0 Å². The van der Waals surface area contributed by atoms with Crippen molar-refractivity contribution in [2.75, 3.05) is 6.61 Å². The SMILES string of the molecule is CCCc1c(OCCc2cc3cc(CC(=O)O)ccc3[nH]2)ccc2c(CC(C)(C)c3ccccc3)noc12. The Balaban J connectivity index is 1.32. The molecule has 196 valence electrons. The lowest BCUT2D eigenvalue weighted by atomic mass is 9.80. The summed E-state index contributed by atoms with van der Waals surface area (Å²) >= 11 is 0. The van der Waals surface area contributed by atoms with Gasteiger partial charge in [-0.1, -0.05) is 68.7 Å². The summed E-state index contributed by atoms with van der Waals surface area (Å²) in [4.78, 5) is 14.4. The van der Waals surface area contributed by atoms with Crippen LogP contribution in [0.1, 0.15) is 55.3 Å². The molecule has 2 N–H and O–H groups in total. The van der Waals surface area contributed by atoms with Crippen LogP contribution in [0.5, 0.6) is 5.75 Å². The minimum Gasteiger partial charge on any atom is -0.493 e. The first-order valence-electron chi connectivity index (χ1n) is 13.2. The summed E-state index contributed by atoms with van der Waals surface area (Å²) in [5, 5.41) is 15.6. The Kier molecular flexibility index (Phi) is 7.23. The molecule has 0 unspecified atom stereocenters. The standard InChI is InChI=1S/C32H34N2O4/c1-4-8-26-29(37-16-15-24-19-22-17-21(18-30(35)36)11-13-27(22)33-24)14-12-25-28(34-38-31(25)26)20-32(2,3)23-9-6-5-7-10-23/h5-7,9-14,17,19,33H,4,8,15-16,18,20H2,1-3H3,(H,35,36). The fourth-order valence-electron chi connectivity index (χ4n) is 5.18. The average Bonchev–Trinajstić information content (AvgIpc) is 3.48. The van der Waals surface area contributed by atoms with Crippen molar-refractivity contribution in [3.63, 3.8) is 0 Å². The van der Waals surface area contributed by atoms with Crippen LogP contribution in [0.4, 0.5) is 0 Å². The van der Waals surface area contributed by atoms with Crippen LogP contribution in [0.2, 0.25) is 0 Å². The van der Waals surface area contributed by atoms with E-state index >= 15 is 0 Å². The number of nitrogens with one attached hydrogen (secondary N) is 1. The summed E-state index contributed by atoms with van der Waals surface area (Å²) < 4.78 is 12.2. The zero-order chi connectivity index (χ0) is 26.7. The first-order chi connectivity index (χ1) is 18.3. The number of aliphatic carboxylic acids is 1. The Hall–Kier alpha value is -4.06. The van der Waals surface area contributed by atoms with Crippen molar-refractivity contribution in [3.05, 3.63) is 94.8 Å². The number of fused-ring (bicyclic) bond motifs is 2. The predicted molar refractivity (Wildman–Crippen MR) is 150 cm³/mol. The second-order valence-corrected chi connectivity index (χ2v) is 10.6. The molecule has 0 saturated carbocycles. The number of hydrogen-bond donors (Lipinski definition) is 2. The maximum atomic E-state index is 11.0. The van der Waals surface area contributed by atoms with Gasteiger partial charge in [-0.25, -0.2) is 0 Å². The lowest BCUT2D eigenvalue weighted by Crippen LogP contribution is -2.20. The van der Waals surface area contributed by atoms with E-state index in [1.54, 1.807) is 0 Å². The van der Waals surface area contributed by atoms with Gasteiger partial charge < -0.3 is 19.4 Å². The number of carboxylic acid groups (broad SMARTS) is 1. The van der Waals surface area contributed by atoms with Crippen molar-refractivity contribution in [2.45, 2.75) is 58.3 Å². The first-order valence-corrected chi connectivity index (χ1v) is 13.2. The number of nitrogens with zero attached hydrogens (tertiary/aromatic N) is 1. The molecule has 5 rings (SSSR count). The van der Waals surface area contributed by atoms with Gasteiger partial charge in [-0.15, -0.1) is 0 Å². The molecule has 0 aliphatic carbocycles. The van der Waals surface area contributed by atoms with Crippen LogP contribution in [0, 0.1) is 0 Å². The number of carbonyl (C=O) groups is 1. The first kappa shape index (κ1) is 25.6. The fraction of sp³-hybridized carbons (Fsp3) is 0.312. The van der Waals surface area contributed by atoms with Crippen molar-refractivity contribution in [1.82, 2.24) is 10.1 Å². The van der Waals surface area contributed by atoms with Gasteiger partial charge in [0.1, 0.15) is 5.75 Å². The highest BCUT2D eigenvalue weighted by atomic mass is 16.5. The van der Waals surface area contributed by atoms with E-state index in [-0.39, 0.29) is 11.8 Å². The number of ether oxygens (including phenoxy) is 1. The lowest BCUT2D eigenvalue weighted by Gasteiger charge is -2.24. The number of rotatable bonds is 11. The molecule has 2 heterocycles. The van der Waals surface area contributed by atoms with Crippen LogP contribution < -0.4 is 4.74 Å². The molecule has 0 spiro atoms. The molecule has 6 heteroatoms. The van der Waals surface area contributed by atoms with Crippen molar-refractivity contribution < 1.29 is 19.2 Å². The topological polar surface area (TPSA) is 88.4 Å². The Labute approximate surface area is 222 Å². The Bertz CT molecular complexity index is 1560. The quantitative estimate of drug-likeness (QED) is 0.199. The summed E-state index contributed by atoms with van der Waals surface area (Å²) in [6.45, 7) is 7.15. The fourth-order valence-corrected chi connectivity index (χ4v) is 5.18. The summed E-state index contributed by atoms with van der Waals surface area (Å²) in [6.07, 6.45) is 3.34. The van der Waals surface area contributed by atoms with Gasteiger partial charge >= 0.3 is 5.97 Å². The van der Waals surface area contributed by atoms with Gasteiger partial charge in [0, 0.05) is 35.0 Å². The monoisotopic (exact) mass is 510 g/mol. The summed E-state index contributed by atoms with van der Waals surface area (Å²) in [6, 6.07) is 22.4. The minimum absolute atomic E-state index is 0.0232. The molecule has 3 aromatic carbocycles. The third-order valence-electron chi connectivity index (χ3n) is 7.17.